The smallest absolute Gasteiger partial charge is 0.347 e. The number of carbonyl (C=O) groups is 2. The Morgan fingerprint density at radius 1 is 1.27 bits per heavy atom. The van der Waals surface area contributed by atoms with E-state index in [-0.39, 0.29) is 16.8 Å². The molecule has 0 saturated heterocycles. The van der Waals surface area contributed by atoms with Crippen molar-refractivity contribution in [1.29, 1.82) is 0 Å². The van der Waals surface area contributed by atoms with E-state index in [9.17, 15) is 9.59 Å². The monoisotopic (exact) mass is 318 g/mol. The second-order valence-electron chi connectivity index (χ2n) is 5.22. The second-order valence-corrected chi connectivity index (χ2v) is 6.25. The van der Waals surface area contributed by atoms with Gasteiger partial charge >= 0.3 is 5.97 Å². The number of thiazole rings is 1. The number of amides is 1. The number of aromatic nitrogens is 1. The topological polar surface area (TPSA) is 79.3 Å². The zero-order valence-electron chi connectivity index (χ0n) is 12.7. The molecule has 0 aliphatic heterocycles. The summed E-state index contributed by atoms with van der Waals surface area (Å²) in [5, 5.41) is 12.5. The molecular formula is C16H18N2O3S. The summed E-state index contributed by atoms with van der Waals surface area (Å²) < 4.78 is 0. The van der Waals surface area contributed by atoms with E-state index in [0.717, 1.165) is 22.5 Å². The summed E-state index contributed by atoms with van der Waals surface area (Å²) in [6, 6.07) is 7.48. The highest BCUT2D eigenvalue weighted by Crippen LogP contribution is 2.23. The largest absolute Gasteiger partial charge is 0.477 e. The van der Waals surface area contributed by atoms with E-state index >= 15 is 0 Å². The van der Waals surface area contributed by atoms with E-state index in [4.69, 9.17) is 5.11 Å². The Morgan fingerprint density at radius 3 is 2.45 bits per heavy atom. The van der Waals surface area contributed by atoms with Crippen molar-refractivity contribution < 1.29 is 14.7 Å². The molecule has 0 unspecified atom stereocenters. The van der Waals surface area contributed by atoms with Gasteiger partial charge in [0.1, 0.15) is 9.88 Å². The lowest BCUT2D eigenvalue weighted by Gasteiger charge is -2.11. The van der Waals surface area contributed by atoms with E-state index in [1.165, 1.54) is 0 Å². The molecule has 6 heteroatoms. The zero-order valence-corrected chi connectivity index (χ0v) is 13.5. The van der Waals surface area contributed by atoms with Crippen LogP contribution in [0.15, 0.2) is 24.3 Å². The van der Waals surface area contributed by atoms with Crippen LogP contribution in [0.5, 0.6) is 0 Å². The van der Waals surface area contributed by atoms with E-state index in [1.807, 2.05) is 31.2 Å². The van der Waals surface area contributed by atoms with E-state index in [1.54, 1.807) is 13.8 Å². The number of nitrogens with zero attached hydrogens (tertiary/aromatic N) is 1. The van der Waals surface area contributed by atoms with Crippen molar-refractivity contribution in [2.24, 2.45) is 0 Å². The van der Waals surface area contributed by atoms with Crippen LogP contribution in [0.3, 0.4) is 0 Å². The number of aromatic carboxylic acids is 1. The van der Waals surface area contributed by atoms with Gasteiger partial charge in [-0.3, -0.25) is 4.79 Å². The lowest BCUT2D eigenvalue weighted by Crippen LogP contribution is -2.28. The number of carboxylic acids is 1. The first kappa shape index (κ1) is 16.2. The molecule has 0 radical (unpaired) electrons. The van der Waals surface area contributed by atoms with Crippen LogP contribution < -0.4 is 5.32 Å². The number of hydrogen-bond donors (Lipinski definition) is 2. The van der Waals surface area contributed by atoms with Crippen LogP contribution in [-0.2, 0) is 11.2 Å². The minimum Gasteiger partial charge on any atom is -0.477 e. The molecule has 1 heterocycles. The summed E-state index contributed by atoms with van der Waals surface area (Å²) in [7, 11) is 0. The molecule has 0 bridgehead atoms. The van der Waals surface area contributed by atoms with Gasteiger partial charge in [0, 0.05) is 0 Å². The van der Waals surface area contributed by atoms with Gasteiger partial charge in [0.25, 0.3) is 0 Å². The Kier molecular flexibility index (Phi) is 4.92. The van der Waals surface area contributed by atoms with Crippen LogP contribution >= 0.6 is 11.3 Å². The SMILES string of the molecule is Cc1ccc(CC(=O)N[C@@H](C)c2nc(C)c(C(=O)O)s2)cc1. The zero-order chi connectivity index (χ0) is 16.3. The van der Waals surface area contributed by atoms with Crippen molar-refractivity contribution in [3.05, 3.63) is 51.0 Å². The van der Waals surface area contributed by atoms with Gasteiger partial charge in [0.05, 0.1) is 18.2 Å². The van der Waals surface area contributed by atoms with Crippen molar-refractivity contribution in [3.8, 4) is 0 Å². The van der Waals surface area contributed by atoms with Crippen molar-refractivity contribution in [1.82, 2.24) is 10.3 Å². The van der Waals surface area contributed by atoms with Crippen LogP contribution in [0.25, 0.3) is 0 Å². The van der Waals surface area contributed by atoms with Crippen molar-refractivity contribution in [2.45, 2.75) is 33.2 Å². The molecule has 2 N–H and O–H groups in total. The first-order valence-electron chi connectivity index (χ1n) is 6.92. The number of benzene rings is 1. The van der Waals surface area contributed by atoms with Crippen LogP contribution in [0.4, 0.5) is 0 Å². The number of hydrogen-bond acceptors (Lipinski definition) is 4. The van der Waals surface area contributed by atoms with Gasteiger partial charge in [-0.15, -0.1) is 11.3 Å². The van der Waals surface area contributed by atoms with Gasteiger partial charge in [-0.1, -0.05) is 29.8 Å². The third-order valence-corrected chi connectivity index (χ3v) is 4.57. The summed E-state index contributed by atoms with van der Waals surface area (Å²) in [5.41, 5.74) is 2.57. The fraction of sp³-hybridized carbons (Fsp3) is 0.312. The van der Waals surface area contributed by atoms with Gasteiger partial charge in [-0.05, 0) is 26.3 Å². The maximum absolute atomic E-state index is 12.1. The standard InChI is InChI=1S/C16H18N2O3S/c1-9-4-6-12(7-5-9)8-13(19)17-11(3)15-18-10(2)14(22-15)16(20)21/h4-7,11H,8H2,1-3H3,(H,17,19)(H,20,21)/t11-/m0/s1. The molecule has 22 heavy (non-hydrogen) atoms. The van der Waals surface area contributed by atoms with Gasteiger partial charge < -0.3 is 10.4 Å². The number of rotatable bonds is 5. The molecule has 1 atom stereocenters. The average molecular weight is 318 g/mol. The Morgan fingerprint density at radius 2 is 1.91 bits per heavy atom. The van der Waals surface area contributed by atoms with Crippen LogP contribution in [0, 0.1) is 13.8 Å². The van der Waals surface area contributed by atoms with E-state index < -0.39 is 5.97 Å². The highest BCUT2D eigenvalue weighted by atomic mass is 32.1. The highest BCUT2D eigenvalue weighted by Gasteiger charge is 2.19. The van der Waals surface area contributed by atoms with Crippen LogP contribution in [0.2, 0.25) is 0 Å². The summed E-state index contributed by atoms with van der Waals surface area (Å²) in [6.45, 7) is 5.46. The molecule has 0 saturated carbocycles. The second kappa shape index (κ2) is 6.70. The van der Waals surface area contributed by atoms with E-state index in [2.05, 4.69) is 10.3 Å². The molecule has 0 aliphatic carbocycles. The molecule has 1 aromatic heterocycles. The molecule has 1 aromatic carbocycles. The van der Waals surface area contributed by atoms with Gasteiger partial charge in [0.15, 0.2) is 0 Å². The lowest BCUT2D eigenvalue weighted by atomic mass is 10.1. The highest BCUT2D eigenvalue weighted by molar-refractivity contribution is 7.13. The molecule has 0 fully saturated rings. The fourth-order valence-electron chi connectivity index (χ4n) is 2.05. The van der Waals surface area contributed by atoms with E-state index in [0.29, 0.717) is 17.1 Å². The maximum Gasteiger partial charge on any atom is 0.347 e. The normalized spacial score (nSPS) is 12.0. The molecular weight excluding hydrogens is 300 g/mol. The quantitative estimate of drug-likeness (QED) is 0.888. The minimum absolute atomic E-state index is 0.110. The molecule has 0 aliphatic rings. The lowest BCUT2D eigenvalue weighted by molar-refractivity contribution is -0.121. The number of carbonyl (C=O) groups excluding carboxylic acids is 1. The number of carboxylic acid groups (broad SMARTS) is 1. The maximum atomic E-state index is 12.1. The molecule has 2 aromatic rings. The fourth-order valence-corrected chi connectivity index (χ4v) is 2.95. The molecule has 0 spiro atoms. The molecule has 5 nitrogen and oxygen atoms in total. The average Bonchev–Trinajstić information content (AvgIpc) is 2.83. The first-order chi connectivity index (χ1) is 10.4. The summed E-state index contributed by atoms with van der Waals surface area (Å²) in [4.78, 5) is 27.5. The van der Waals surface area contributed by atoms with Crippen molar-refractivity contribution in [3.63, 3.8) is 0 Å². The Bertz CT molecular complexity index is 692. The van der Waals surface area contributed by atoms with Gasteiger partial charge in [-0.2, -0.15) is 0 Å². The van der Waals surface area contributed by atoms with Crippen LogP contribution in [-0.4, -0.2) is 22.0 Å². The number of aryl methyl sites for hydroxylation is 2. The predicted molar refractivity (Wildman–Crippen MR) is 85.3 cm³/mol. The van der Waals surface area contributed by atoms with Crippen molar-refractivity contribution in [2.75, 3.05) is 0 Å². The summed E-state index contributed by atoms with van der Waals surface area (Å²) in [6.07, 6.45) is 0.292. The Balaban J connectivity index is 2.00. The predicted octanol–water partition coefficient (Wildman–Crippen LogP) is 2.88. The van der Waals surface area contributed by atoms with Gasteiger partial charge in [-0.25, -0.2) is 9.78 Å². The molecule has 116 valence electrons. The number of nitrogens with one attached hydrogen (secondary N) is 1. The van der Waals surface area contributed by atoms with Gasteiger partial charge in [0.2, 0.25) is 5.91 Å². The Hall–Kier alpha value is -2.21. The third-order valence-electron chi connectivity index (χ3n) is 3.24. The third kappa shape index (κ3) is 3.92. The first-order valence-corrected chi connectivity index (χ1v) is 7.74. The van der Waals surface area contributed by atoms with Crippen LogP contribution in [0.1, 0.15) is 44.5 Å². The Labute approximate surface area is 133 Å². The minimum atomic E-state index is -0.987. The summed E-state index contributed by atoms with van der Waals surface area (Å²) >= 11 is 1.10. The van der Waals surface area contributed by atoms with Crippen molar-refractivity contribution >= 4 is 23.2 Å². The summed E-state index contributed by atoms with van der Waals surface area (Å²) in [5.74, 6) is -1.10. The molecule has 2 rings (SSSR count). The molecule has 1 amide bonds.